The van der Waals surface area contributed by atoms with Crippen molar-refractivity contribution in [3.63, 3.8) is 0 Å². The van der Waals surface area contributed by atoms with E-state index in [0.717, 1.165) is 43.1 Å². The van der Waals surface area contributed by atoms with Crippen molar-refractivity contribution in [1.82, 2.24) is 15.1 Å². The summed E-state index contributed by atoms with van der Waals surface area (Å²) in [6, 6.07) is 15.7. The highest BCUT2D eigenvalue weighted by atomic mass is 35.5. The Labute approximate surface area is 181 Å². The second kappa shape index (κ2) is 8.79. The molecule has 6 nitrogen and oxygen atoms in total. The summed E-state index contributed by atoms with van der Waals surface area (Å²) in [6.07, 6.45) is 3.43. The van der Waals surface area contributed by atoms with Crippen LogP contribution in [-0.4, -0.2) is 41.9 Å². The first-order valence-electron chi connectivity index (χ1n) is 10.1. The van der Waals surface area contributed by atoms with Gasteiger partial charge in [0, 0.05) is 29.8 Å². The van der Waals surface area contributed by atoms with Gasteiger partial charge in [-0.15, -0.1) is 0 Å². The van der Waals surface area contributed by atoms with Gasteiger partial charge < -0.3 is 15.0 Å². The average molecular weight is 425 g/mol. The third-order valence-corrected chi connectivity index (χ3v) is 5.81. The van der Waals surface area contributed by atoms with E-state index in [1.54, 1.807) is 18.0 Å². The highest BCUT2D eigenvalue weighted by Crippen LogP contribution is 2.23. The van der Waals surface area contributed by atoms with Crippen LogP contribution in [0.2, 0.25) is 5.02 Å². The number of ether oxygens (including phenoxy) is 1. The van der Waals surface area contributed by atoms with Gasteiger partial charge >= 0.3 is 0 Å². The van der Waals surface area contributed by atoms with Crippen molar-refractivity contribution in [2.75, 3.05) is 25.1 Å². The van der Waals surface area contributed by atoms with Crippen molar-refractivity contribution in [3.05, 3.63) is 71.0 Å². The molecule has 4 rings (SSSR count). The van der Waals surface area contributed by atoms with Crippen LogP contribution >= 0.6 is 11.6 Å². The van der Waals surface area contributed by atoms with E-state index in [9.17, 15) is 4.79 Å². The van der Waals surface area contributed by atoms with Gasteiger partial charge in [0.15, 0.2) is 0 Å². The summed E-state index contributed by atoms with van der Waals surface area (Å²) in [4.78, 5) is 15.2. The second-order valence-electron chi connectivity index (χ2n) is 7.47. The standard InChI is InChI=1S/C23H25ClN4O2/c1-16-22(15-25-28(16)20-5-3-4-17(24)14-20)23(29)26-18-10-12-27(13-11-18)19-6-8-21(30-2)9-7-19/h3-9,14-15,18H,10-13H2,1-2H3,(H,26,29). The van der Waals surface area contributed by atoms with E-state index in [0.29, 0.717) is 10.6 Å². The molecule has 0 aliphatic carbocycles. The predicted molar refractivity (Wildman–Crippen MR) is 119 cm³/mol. The Hall–Kier alpha value is -2.99. The lowest BCUT2D eigenvalue weighted by molar-refractivity contribution is 0.0930. The molecule has 0 bridgehead atoms. The molecule has 1 N–H and O–H groups in total. The highest BCUT2D eigenvalue weighted by molar-refractivity contribution is 6.30. The molecule has 1 aromatic heterocycles. The Morgan fingerprint density at radius 2 is 1.87 bits per heavy atom. The first-order chi connectivity index (χ1) is 14.5. The Morgan fingerprint density at radius 1 is 1.13 bits per heavy atom. The molecule has 156 valence electrons. The molecule has 1 aliphatic rings. The molecule has 1 fully saturated rings. The third kappa shape index (κ3) is 4.28. The molecule has 0 saturated carbocycles. The number of anilines is 1. The van der Waals surface area contributed by atoms with Crippen LogP contribution in [0, 0.1) is 6.92 Å². The normalized spacial score (nSPS) is 14.6. The zero-order chi connectivity index (χ0) is 21.1. The number of amides is 1. The van der Waals surface area contributed by atoms with Gasteiger partial charge in [-0.3, -0.25) is 4.79 Å². The summed E-state index contributed by atoms with van der Waals surface area (Å²) in [7, 11) is 1.67. The minimum atomic E-state index is -0.0799. The molecule has 0 spiro atoms. The summed E-state index contributed by atoms with van der Waals surface area (Å²) in [6.45, 7) is 3.70. The number of hydrogen-bond donors (Lipinski definition) is 1. The molecule has 1 aliphatic heterocycles. The summed E-state index contributed by atoms with van der Waals surface area (Å²) < 4.78 is 6.97. The van der Waals surface area contributed by atoms with Crippen LogP contribution < -0.4 is 15.0 Å². The van der Waals surface area contributed by atoms with Crippen molar-refractivity contribution in [3.8, 4) is 11.4 Å². The van der Waals surface area contributed by atoms with Gasteiger partial charge in [0.1, 0.15) is 5.75 Å². The fourth-order valence-electron chi connectivity index (χ4n) is 3.84. The zero-order valence-electron chi connectivity index (χ0n) is 17.1. The average Bonchev–Trinajstić information content (AvgIpc) is 3.16. The van der Waals surface area contributed by atoms with Crippen LogP contribution in [0.15, 0.2) is 54.7 Å². The van der Waals surface area contributed by atoms with Crippen molar-refractivity contribution in [1.29, 1.82) is 0 Å². The van der Waals surface area contributed by atoms with Crippen LogP contribution in [0.5, 0.6) is 5.75 Å². The molecule has 2 heterocycles. The Kier molecular flexibility index (Phi) is 5.95. The van der Waals surface area contributed by atoms with Crippen molar-refractivity contribution < 1.29 is 9.53 Å². The number of hydrogen-bond acceptors (Lipinski definition) is 4. The summed E-state index contributed by atoms with van der Waals surface area (Å²) in [5.74, 6) is 0.776. The minimum absolute atomic E-state index is 0.0799. The fraction of sp³-hybridized carbons (Fsp3) is 0.304. The topological polar surface area (TPSA) is 59.4 Å². The number of rotatable bonds is 5. The molecule has 0 radical (unpaired) electrons. The third-order valence-electron chi connectivity index (χ3n) is 5.57. The number of benzene rings is 2. The SMILES string of the molecule is COc1ccc(N2CCC(NC(=O)c3cnn(-c4cccc(Cl)c4)c3C)CC2)cc1. The predicted octanol–water partition coefficient (Wildman–Crippen LogP) is 4.24. The maximum atomic E-state index is 12.8. The summed E-state index contributed by atoms with van der Waals surface area (Å²) >= 11 is 6.09. The number of nitrogens with zero attached hydrogens (tertiary/aromatic N) is 3. The zero-order valence-corrected chi connectivity index (χ0v) is 17.9. The molecule has 30 heavy (non-hydrogen) atoms. The Balaban J connectivity index is 1.37. The Morgan fingerprint density at radius 3 is 2.53 bits per heavy atom. The van der Waals surface area contributed by atoms with Gasteiger partial charge in [0.05, 0.1) is 30.3 Å². The van der Waals surface area contributed by atoms with Gasteiger partial charge in [0.25, 0.3) is 5.91 Å². The highest BCUT2D eigenvalue weighted by Gasteiger charge is 2.23. The van der Waals surface area contributed by atoms with Crippen LogP contribution in [0.25, 0.3) is 5.69 Å². The molecule has 1 amide bonds. The van der Waals surface area contributed by atoms with Crippen LogP contribution in [0.1, 0.15) is 28.9 Å². The molecular formula is C23H25ClN4O2. The lowest BCUT2D eigenvalue weighted by Crippen LogP contribution is -2.44. The van der Waals surface area contributed by atoms with Gasteiger partial charge in [-0.25, -0.2) is 4.68 Å². The molecule has 0 unspecified atom stereocenters. The van der Waals surface area contributed by atoms with E-state index in [4.69, 9.17) is 16.3 Å². The fourth-order valence-corrected chi connectivity index (χ4v) is 4.02. The van der Waals surface area contributed by atoms with Crippen LogP contribution in [0.3, 0.4) is 0 Å². The number of halogens is 1. The van der Waals surface area contributed by atoms with Crippen molar-refractivity contribution >= 4 is 23.2 Å². The lowest BCUT2D eigenvalue weighted by Gasteiger charge is -2.34. The van der Waals surface area contributed by atoms with E-state index in [2.05, 4.69) is 27.4 Å². The minimum Gasteiger partial charge on any atom is -0.497 e. The van der Waals surface area contributed by atoms with Crippen molar-refractivity contribution in [2.24, 2.45) is 0 Å². The number of methoxy groups -OCH3 is 1. The van der Waals surface area contributed by atoms with Gasteiger partial charge in [-0.1, -0.05) is 17.7 Å². The first kappa shape index (κ1) is 20.3. The molecule has 3 aromatic rings. The quantitative estimate of drug-likeness (QED) is 0.665. The molecule has 2 aromatic carbocycles. The Bertz CT molecular complexity index is 1020. The number of carbonyl (C=O) groups excluding carboxylic acids is 1. The maximum absolute atomic E-state index is 12.8. The van der Waals surface area contributed by atoms with Crippen LogP contribution in [-0.2, 0) is 0 Å². The first-order valence-corrected chi connectivity index (χ1v) is 10.4. The van der Waals surface area contributed by atoms with E-state index in [1.165, 1.54) is 5.69 Å². The monoisotopic (exact) mass is 424 g/mol. The summed E-state index contributed by atoms with van der Waals surface area (Å²) in [5.41, 5.74) is 3.41. The molecule has 0 atom stereocenters. The van der Waals surface area contributed by atoms with E-state index in [-0.39, 0.29) is 11.9 Å². The van der Waals surface area contributed by atoms with Crippen LogP contribution in [0.4, 0.5) is 5.69 Å². The maximum Gasteiger partial charge on any atom is 0.254 e. The largest absolute Gasteiger partial charge is 0.497 e. The molecule has 1 saturated heterocycles. The number of piperidine rings is 1. The summed E-state index contributed by atoms with van der Waals surface area (Å²) in [5, 5.41) is 8.20. The van der Waals surface area contributed by atoms with E-state index >= 15 is 0 Å². The van der Waals surface area contributed by atoms with Gasteiger partial charge in [-0.05, 0) is 62.2 Å². The van der Waals surface area contributed by atoms with Crippen molar-refractivity contribution in [2.45, 2.75) is 25.8 Å². The second-order valence-corrected chi connectivity index (χ2v) is 7.90. The lowest BCUT2D eigenvalue weighted by atomic mass is 10.0. The number of aromatic nitrogens is 2. The smallest absolute Gasteiger partial charge is 0.254 e. The van der Waals surface area contributed by atoms with E-state index in [1.807, 2.05) is 43.3 Å². The molecule has 7 heteroatoms. The number of nitrogens with one attached hydrogen (secondary N) is 1. The number of carbonyl (C=O) groups is 1. The van der Waals surface area contributed by atoms with E-state index < -0.39 is 0 Å². The van der Waals surface area contributed by atoms with Gasteiger partial charge in [0.2, 0.25) is 0 Å². The molecular weight excluding hydrogens is 400 g/mol. The van der Waals surface area contributed by atoms with Gasteiger partial charge in [-0.2, -0.15) is 5.10 Å².